The SMILES string of the molecule is COc1ccc(S(=O)(=O)Nc2ccc(C(=O)Nc3nnc(-c4ccc(Br)cc4)o3)cc2)cc1. The fourth-order valence-electron chi connectivity index (χ4n) is 2.81. The Balaban J connectivity index is 1.41. The van der Waals surface area contributed by atoms with E-state index in [-0.39, 0.29) is 22.4 Å². The molecule has 0 aliphatic heterocycles. The maximum atomic E-state index is 12.5. The van der Waals surface area contributed by atoms with Crippen LogP contribution in [0.15, 0.2) is 86.6 Å². The highest BCUT2D eigenvalue weighted by atomic mass is 79.9. The van der Waals surface area contributed by atoms with Crippen LogP contribution in [0.5, 0.6) is 5.75 Å². The summed E-state index contributed by atoms with van der Waals surface area (Å²) in [4.78, 5) is 12.6. The summed E-state index contributed by atoms with van der Waals surface area (Å²) in [7, 11) is -2.29. The van der Waals surface area contributed by atoms with E-state index < -0.39 is 15.9 Å². The lowest BCUT2D eigenvalue weighted by Crippen LogP contribution is -2.14. The normalized spacial score (nSPS) is 11.1. The number of nitrogens with zero attached hydrogens (tertiary/aromatic N) is 2. The molecule has 1 heterocycles. The van der Waals surface area contributed by atoms with E-state index in [1.54, 1.807) is 24.3 Å². The fourth-order valence-corrected chi connectivity index (χ4v) is 4.13. The third-order valence-electron chi connectivity index (χ3n) is 4.51. The van der Waals surface area contributed by atoms with Gasteiger partial charge in [-0.15, -0.1) is 5.10 Å². The van der Waals surface area contributed by atoms with E-state index >= 15 is 0 Å². The number of hydrogen-bond donors (Lipinski definition) is 2. The maximum absolute atomic E-state index is 12.5. The topological polar surface area (TPSA) is 123 Å². The zero-order valence-corrected chi connectivity index (χ0v) is 19.6. The van der Waals surface area contributed by atoms with Gasteiger partial charge in [-0.2, -0.15) is 0 Å². The average molecular weight is 529 g/mol. The summed E-state index contributed by atoms with van der Waals surface area (Å²) in [5, 5.41) is 10.3. The van der Waals surface area contributed by atoms with E-state index in [1.807, 2.05) is 12.1 Å². The lowest BCUT2D eigenvalue weighted by atomic mass is 10.2. The number of ether oxygens (including phenoxy) is 1. The third kappa shape index (κ3) is 5.38. The molecule has 0 aliphatic carbocycles. The zero-order chi connectivity index (χ0) is 23.4. The Morgan fingerprint density at radius 1 is 0.939 bits per heavy atom. The van der Waals surface area contributed by atoms with Crippen LogP contribution in [0.1, 0.15) is 10.4 Å². The van der Waals surface area contributed by atoms with Crippen LogP contribution in [0, 0.1) is 0 Å². The van der Waals surface area contributed by atoms with E-state index in [0.29, 0.717) is 17.0 Å². The van der Waals surface area contributed by atoms with Gasteiger partial charge < -0.3 is 9.15 Å². The molecular weight excluding hydrogens is 512 g/mol. The first kappa shape index (κ1) is 22.5. The molecule has 4 rings (SSSR count). The van der Waals surface area contributed by atoms with Gasteiger partial charge in [0.1, 0.15) is 5.75 Å². The van der Waals surface area contributed by atoms with Crippen LogP contribution < -0.4 is 14.8 Å². The number of nitrogens with one attached hydrogen (secondary N) is 2. The minimum Gasteiger partial charge on any atom is -0.497 e. The van der Waals surface area contributed by atoms with Crippen molar-refractivity contribution in [2.75, 3.05) is 17.1 Å². The molecule has 0 saturated carbocycles. The standard InChI is InChI=1S/C22H17BrN4O5S/c1-31-18-10-12-19(13-11-18)33(29,30)27-17-8-4-14(5-9-17)20(28)24-22-26-25-21(32-22)15-2-6-16(23)7-3-15/h2-13,27H,1H3,(H,24,26,28). The van der Waals surface area contributed by atoms with Gasteiger partial charge in [-0.05, 0) is 72.8 Å². The Bertz CT molecular complexity index is 1370. The highest BCUT2D eigenvalue weighted by Crippen LogP contribution is 2.23. The second-order valence-electron chi connectivity index (χ2n) is 6.73. The van der Waals surface area contributed by atoms with Crippen LogP contribution in [0.2, 0.25) is 0 Å². The van der Waals surface area contributed by atoms with E-state index in [9.17, 15) is 13.2 Å². The van der Waals surface area contributed by atoms with Gasteiger partial charge in [-0.3, -0.25) is 14.8 Å². The van der Waals surface area contributed by atoms with E-state index in [4.69, 9.17) is 9.15 Å². The molecule has 168 valence electrons. The molecule has 0 radical (unpaired) electrons. The maximum Gasteiger partial charge on any atom is 0.322 e. The van der Waals surface area contributed by atoms with Crippen molar-refractivity contribution >= 4 is 43.6 Å². The van der Waals surface area contributed by atoms with Crippen molar-refractivity contribution < 1.29 is 22.4 Å². The quantitative estimate of drug-likeness (QED) is 0.360. The highest BCUT2D eigenvalue weighted by Gasteiger charge is 2.16. The lowest BCUT2D eigenvalue weighted by Gasteiger charge is -2.09. The Hall–Kier alpha value is -3.70. The van der Waals surface area contributed by atoms with Crippen LogP contribution in [-0.4, -0.2) is 31.6 Å². The summed E-state index contributed by atoms with van der Waals surface area (Å²) in [6.07, 6.45) is 0. The molecule has 4 aromatic rings. The number of sulfonamides is 1. The van der Waals surface area contributed by atoms with Crippen molar-refractivity contribution in [1.29, 1.82) is 0 Å². The van der Waals surface area contributed by atoms with Crippen LogP contribution in [0.4, 0.5) is 11.7 Å². The van der Waals surface area contributed by atoms with E-state index in [2.05, 4.69) is 36.2 Å². The first-order chi connectivity index (χ1) is 15.8. The molecule has 0 unspecified atom stereocenters. The molecule has 9 nitrogen and oxygen atoms in total. The minimum atomic E-state index is -3.79. The summed E-state index contributed by atoms with van der Waals surface area (Å²) in [5.41, 5.74) is 1.29. The number of hydrogen-bond acceptors (Lipinski definition) is 7. The molecule has 33 heavy (non-hydrogen) atoms. The summed E-state index contributed by atoms with van der Waals surface area (Å²) in [6, 6.07) is 19.1. The Morgan fingerprint density at radius 2 is 1.61 bits per heavy atom. The summed E-state index contributed by atoms with van der Waals surface area (Å²) < 4.78 is 39.0. The van der Waals surface area contributed by atoms with Gasteiger partial charge in [0.15, 0.2) is 0 Å². The van der Waals surface area contributed by atoms with Crippen molar-refractivity contribution in [1.82, 2.24) is 10.2 Å². The van der Waals surface area contributed by atoms with Gasteiger partial charge >= 0.3 is 6.01 Å². The fraction of sp³-hybridized carbons (Fsp3) is 0.0455. The Labute approximate surface area is 198 Å². The van der Waals surface area contributed by atoms with Crippen LogP contribution in [-0.2, 0) is 10.0 Å². The van der Waals surface area contributed by atoms with Crippen molar-refractivity contribution in [3.05, 3.63) is 82.8 Å². The molecule has 2 N–H and O–H groups in total. The summed E-state index contributed by atoms with van der Waals surface area (Å²) in [6.45, 7) is 0. The average Bonchev–Trinajstić information content (AvgIpc) is 3.28. The minimum absolute atomic E-state index is 0.0535. The van der Waals surface area contributed by atoms with Crippen molar-refractivity contribution in [3.63, 3.8) is 0 Å². The molecule has 0 fully saturated rings. The molecule has 0 spiro atoms. The van der Waals surface area contributed by atoms with Crippen LogP contribution >= 0.6 is 15.9 Å². The number of anilines is 2. The van der Waals surface area contributed by atoms with Gasteiger partial charge in [-0.1, -0.05) is 21.0 Å². The van der Waals surface area contributed by atoms with Gasteiger partial charge in [-0.25, -0.2) is 8.42 Å². The van der Waals surface area contributed by atoms with Crippen LogP contribution in [0.3, 0.4) is 0 Å². The molecular formula is C22H17BrN4O5S. The number of aromatic nitrogens is 2. The molecule has 0 aliphatic rings. The molecule has 1 aromatic heterocycles. The molecule has 0 saturated heterocycles. The number of carbonyl (C=O) groups excluding carboxylic acids is 1. The van der Waals surface area contributed by atoms with E-state index in [0.717, 1.165) is 4.47 Å². The Kier molecular flexibility index (Phi) is 6.43. The molecule has 0 bridgehead atoms. The largest absolute Gasteiger partial charge is 0.497 e. The highest BCUT2D eigenvalue weighted by molar-refractivity contribution is 9.10. The monoisotopic (exact) mass is 528 g/mol. The van der Waals surface area contributed by atoms with Gasteiger partial charge in [0.05, 0.1) is 12.0 Å². The predicted octanol–water partition coefficient (Wildman–Crippen LogP) is 4.56. The number of rotatable bonds is 7. The molecule has 0 atom stereocenters. The zero-order valence-electron chi connectivity index (χ0n) is 17.2. The number of benzene rings is 3. The number of carbonyl (C=O) groups is 1. The summed E-state index contributed by atoms with van der Waals surface area (Å²) >= 11 is 3.35. The van der Waals surface area contributed by atoms with Crippen LogP contribution in [0.25, 0.3) is 11.5 Å². The number of halogens is 1. The Morgan fingerprint density at radius 3 is 2.24 bits per heavy atom. The van der Waals surface area contributed by atoms with Gasteiger partial charge in [0, 0.05) is 21.3 Å². The molecule has 3 aromatic carbocycles. The predicted molar refractivity (Wildman–Crippen MR) is 126 cm³/mol. The number of amides is 1. The van der Waals surface area contributed by atoms with Crippen molar-refractivity contribution in [2.24, 2.45) is 0 Å². The van der Waals surface area contributed by atoms with Gasteiger partial charge in [0.25, 0.3) is 15.9 Å². The van der Waals surface area contributed by atoms with E-state index in [1.165, 1.54) is 43.5 Å². The second kappa shape index (κ2) is 9.43. The first-order valence-corrected chi connectivity index (χ1v) is 11.8. The van der Waals surface area contributed by atoms with Gasteiger partial charge in [0.2, 0.25) is 5.89 Å². The molecule has 1 amide bonds. The third-order valence-corrected chi connectivity index (χ3v) is 6.43. The summed E-state index contributed by atoms with van der Waals surface area (Å²) in [5.74, 6) is 0.334. The van der Waals surface area contributed by atoms with Crippen molar-refractivity contribution in [2.45, 2.75) is 4.90 Å². The first-order valence-electron chi connectivity index (χ1n) is 9.52. The lowest BCUT2D eigenvalue weighted by molar-refractivity contribution is 0.102. The molecule has 11 heteroatoms. The second-order valence-corrected chi connectivity index (χ2v) is 9.33. The number of methoxy groups -OCH3 is 1. The van der Waals surface area contributed by atoms with Crippen molar-refractivity contribution in [3.8, 4) is 17.2 Å². The smallest absolute Gasteiger partial charge is 0.322 e.